The number of unbranched alkanes of at least 4 members (excludes halogenated alkanes) is 1. The molecule has 0 radical (unpaired) electrons. The van der Waals surface area contributed by atoms with E-state index in [1.54, 1.807) is 7.11 Å². The summed E-state index contributed by atoms with van der Waals surface area (Å²) in [5.74, 6) is -0.312. The van der Waals surface area contributed by atoms with Gasteiger partial charge in [0.05, 0.1) is 6.61 Å². The van der Waals surface area contributed by atoms with Crippen molar-refractivity contribution in [2.24, 2.45) is 0 Å². The SMILES string of the molecule is CCCCC(=O)OOCCOC. The lowest BCUT2D eigenvalue weighted by Crippen LogP contribution is -2.08. The summed E-state index contributed by atoms with van der Waals surface area (Å²) in [5.41, 5.74) is 0. The van der Waals surface area contributed by atoms with Gasteiger partial charge in [0, 0.05) is 13.5 Å². The summed E-state index contributed by atoms with van der Waals surface area (Å²) in [7, 11) is 1.56. The van der Waals surface area contributed by atoms with Crippen LogP contribution in [0.4, 0.5) is 0 Å². The van der Waals surface area contributed by atoms with Crippen LogP contribution in [-0.4, -0.2) is 26.3 Å². The van der Waals surface area contributed by atoms with E-state index in [1.807, 2.05) is 6.92 Å². The molecule has 0 aromatic carbocycles. The molecule has 0 amide bonds. The van der Waals surface area contributed by atoms with Crippen molar-refractivity contribution < 1.29 is 19.3 Å². The smallest absolute Gasteiger partial charge is 0.342 e. The van der Waals surface area contributed by atoms with Crippen LogP contribution >= 0.6 is 0 Å². The summed E-state index contributed by atoms with van der Waals surface area (Å²) >= 11 is 0. The number of methoxy groups -OCH3 is 1. The highest BCUT2D eigenvalue weighted by atomic mass is 17.2. The van der Waals surface area contributed by atoms with Crippen molar-refractivity contribution in [3.8, 4) is 0 Å². The van der Waals surface area contributed by atoms with Crippen LogP contribution in [0.3, 0.4) is 0 Å². The Labute approximate surface area is 72.7 Å². The van der Waals surface area contributed by atoms with Crippen LogP contribution in [0.5, 0.6) is 0 Å². The van der Waals surface area contributed by atoms with Gasteiger partial charge in [-0.05, 0) is 6.42 Å². The number of hydrogen-bond donors (Lipinski definition) is 0. The van der Waals surface area contributed by atoms with E-state index in [0.717, 1.165) is 12.8 Å². The molecule has 0 aliphatic carbocycles. The van der Waals surface area contributed by atoms with E-state index >= 15 is 0 Å². The van der Waals surface area contributed by atoms with Gasteiger partial charge in [-0.25, -0.2) is 4.79 Å². The molecule has 0 aliphatic rings. The van der Waals surface area contributed by atoms with Crippen LogP contribution in [0.1, 0.15) is 26.2 Å². The first-order chi connectivity index (χ1) is 5.81. The third kappa shape index (κ3) is 7.50. The van der Waals surface area contributed by atoms with Gasteiger partial charge in [0.1, 0.15) is 6.61 Å². The monoisotopic (exact) mass is 176 g/mol. The van der Waals surface area contributed by atoms with Crippen LogP contribution in [0, 0.1) is 0 Å². The Balaban J connectivity index is 3.08. The van der Waals surface area contributed by atoms with Crippen molar-refractivity contribution in [3.63, 3.8) is 0 Å². The Kier molecular flexibility index (Phi) is 8.05. The van der Waals surface area contributed by atoms with E-state index in [9.17, 15) is 4.79 Å². The van der Waals surface area contributed by atoms with Gasteiger partial charge in [0.15, 0.2) is 0 Å². The second-order valence-electron chi connectivity index (χ2n) is 2.37. The molecule has 0 aliphatic heterocycles. The Morgan fingerprint density at radius 2 is 2.08 bits per heavy atom. The third-order valence-electron chi connectivity index (χ3n) is 1.26. The van der Waals surface area contributed by atoms with Gasteiger partial charge >= 0.3 is 5.97 Å². The number of rotatable bonds is 7. The van der Waals surface area contributed by atoms with Gasteiger partial charge in [0.2, 0.25) is 0 Å². The van der Waals surface area contributed by atoms with Crippen molar-refractivity contribution >= 4 is 5.97 Å². The molecule has 0 heterocycles. The van der Waals surface area contributed by atoms with Gasteiger partial charge in [-0.2, -0.15) is 4.89 Å². The van der Waals surface area contributed by atoms with Crippen molar-refractivity contribution in [1.82, 2.24) is 0 Å². The zero-order valence-electron chi connectivity index (χ0n) is 7.67. The molecular weight excluding hydrogens is 160 g/mol. The maximum atomic E-state index is 10.8. The predicted molar refractivity (Wildman–Crippen MR) is 43.4 cm³/mol. The van der Waals surface area contributed by atoms with Crippen LogP contribution in [0.2, 0.25) is 0 Å². The average Bonchev–Trinajstić information content (AvgIpc) is 2.09. The highest BCUT2D eigenvalue weighted by Gasteiger charge is 2.01. The highest BCUT2D eigenvalue weighted by molar-refractivity contribution is 5.68. The lowest BCUT2D eigenvalue weighted by atomic mass is 10.3. The minimum atomic E-state index is -0.312. The average molecular weight is 176 g/mol. The molecule has 0 aromatic heterocycles. The second-order valence-corrected chi connectivity index (χ2v) is 2.37. The molecule has 0 N–H and O–H groups in total. The van der Waals surface area contributed by atoms with E-state index < -0.39 is 0 Å². The van der Waals surface area contributed by atoms with Crippen molar-refractivity contribution in [3.05, 3.63) is 0 Å². The maximum Gasteiger partial charge on any atom is 0.342 e. The molecule has 0 saturated carbocycles. The fourth-order valence-electron chi connectivity index (χ4n) is 0.588. The summed E-state index contributed by atoms with van der Waals surface area (Å²) in [6.07, 6.45) is 2.24. The number of ether oxygens (including phenoxy) is 1. The molecular formula is C8H16O4. The number of hydrogen-bond acceptors (Lipinski definition) is 4. The molecule has 0 atom stereocenters. The van der Waals surface area contributed by atoms with Gasteiger partial charge in [0.25, 0.3) is 0 Å². The van der Waals surface area contributed by atoms with Crippen molar-refractivity contribution in [2.45, 2.75) is 26.2 Å². The first kappa shape index (κ1) is 11.4. The predicted octanol–water partition coefficient (Wildman–Crippen LogP) is 1.30. The Hall–Kier alpha value is -0.610. The zero-order chi connectivity index (χ0) is 9.23. The molecule has 0 bridgehead atoms. The standard InChI is InChI=1S/C8H16O4/c1-3-4-5-8(9)12-11-7-6-10-2/h3-7H2,1-2H3. The summed E-state index contributed by atoms with van der Waals surface area (Å²) in [4.78, 5) is 19.8. The quantitative estimate of drug-likeness (QED) is 0.333. The van der Waals surface area contributed by atoms with Crippen molar-refractivity contribution in [1.29, 1.82) is 0 Å². The van der Waals surface area contributed by atoms with Gasteiger partial charge in [-0.3, -0.25) is 4.89 Å². The third-order valence-corrected chi connectivity index (χ3v) is 1.26. The summed E-state index contributed by atoms with van der Waals surface area (Å²) in [6, 6.07) is 0. The first-order valence-corrected chi connectivity index (χ1v) is 4.12. The molecule has 72 valence electrons. The fourth-order valence-corrected chi connectivity index (χ4v) is 0.588. The molecule has 0 unspecified atom stereocenters. The lowest BCUT2D eigenvalue weighted by Gasteiger charge is -2.01. The van der Waals surface area contributed by atoms with E-state index in [0.29, 0.717) is 13.0 Å². The topological polar surface area (TPSA) is 44.8 Å². The van der Waals surface area contributed by atoms with Crippen LogP contribution in [-0.2, 0) is 19.3 Å². The Bertz CT molecular complexity index is 114. The molecule has 0 aromatic rings. The van der Waals surface area contributed by atoms with Crippen LogP contribution in [0.15, 0.2) is 0 Å². The minimum absolute atomic E-state index is 0.286. The van der Waals surface area contributed by atoms with Gasteiger partial charge < -0.3 is 4.74 Å². The molecule has 0 saturated heterocycles. The Morgan fingerprint density at radius 1 is 1.33 bits per heavy atom. The van der Waals surface area contributed by atoms with E-state index in [1.165, 1.54) is 0 Å². The molecule has 0 fully saturated rings. The normalized spacial score (nSPS) is 9.83. The van der Waals surface area contributed by atoms with Gasteiger partial charge in [-0.15, -0.1) is 0 Å². The fraction of sp³-hybridized carbons (Fsp3) is 0.875. The van der Waals surface area contributed by atoms with Crippen LogP contribution in [0.25, 0.3) is 0 Å². The van der Waals surface area contributed by atoms with Crippen molar-refractivity contribution in [2.75, 3.05) is 20.3 Å². The lowest BCUT2D eigenvalue weighted by molar-refractivity contribution is -0.275. The molecule has 12 heavy (non-hydrogen) atoms. The summed E-state index contributed by atoms with van der Waals surface area (Å²) < 4.78 is 4.69. The number of carbonyl (C=O) groups excluding carboxylic acids is 1. The minimum Gasteiger partial charge on any atom is -0.382 e. The van der Waals surface area contributed by atoms with Gasteiger partial charge in [-0.1, -0.05) is 13.3 Å². The zero-order valence-corrected chi connectivity index (χ0v) is 7.67. The second kappa shape index (κ2) is 8.49. The number of carbonyl (C=O) groups is 1. The maximum absolute atomic E-state index is 10.8. The summed E-state index contributed by atoms with van der Waals surface area (Å²) in [6.45, 7) is 2.73. The molecule has 4 nitrogen and oxygen atoms in total. The summed E-state index contributed by atoms with van der Waals surface area (Å²) in [5, 5.41) is 0. The van der Waals surface area contributed by atoms with E-state index in [4.69, 9.17) is 0 Å². The highest BCUT2D eigenvalue weighted by Crippen LogP contribution is 1.96. The first-order valence-electron chi connectivity index (χ1n) is 4.12. The molecule has 0 spiro atoms. The van der Waals surface area contributed by atoms with E-state index in [2.05, 4.69) is 14.5 Å². The molecule has 0 rings (SSSR count). The van der Waals surface area contributed by atoms with E-state index in [-0.39, 0.29) is 12.6 Å². The molecule has 4 heteroatoms. The largest absolute Gasteiger partial charge is 0.382 e. The Morgan fingerprint density at radius 3 is 2.67 bits per heavy atom. The van der Waals surface area contributed by atoms with Crippen LogP contribution < -0.4 is 0 Å².